The highest BCUT2D eigenvalue weighted by molar-refractivity contribution is 7.17. The van der Waals surface area contributed by atoms with Crippen LogP contribution in [0, 0.1) is 0 Å². The minimum Gasteiger partial charge on any atom is -0.456 e. The van der Waals surface area contributed by atoms with Crippen molar-refractivity contribution in [3.05, 3.63) is 109 Å². The maximum Gasteiger partial charge on any atom is 0.143 e. The van der Waals surface area contributed by atoms with E-state index < -0.39 is 0 Å². The first-order valence-corrected chi connectivity index (χ1v) is 13.3. The Morgan fingerprint density at radius 1 is 0.486 bits per heavy atom. The summed E-state index contributed by atoms with van der Waals surface area (Å²) in [5.74, 6) is 0. The summed E-state index contributed by atoms with van der Waals surface area (Å²) in [4.78, 5) is 0. The lowest BCUT2D eigenvalue weighted by atomic mass is 9.91. The van der Waals surface area contributed by atoms with Crippen LogP contribution < -0.4 is 0 Å². The van der Waals surface area contributed by atoms with E-state index in [-0.39, 0.29) is 0 Å². The quantitative estimate of drug-likeness (QED) is 0.214. The molecule has 0 atom stereocenters. The average Bonchev–Trinajstić information content (AvgIpc) is 3.65. The molecular weight excluding hydrogens is 472 g/mol. The molecule has 3 heteroatoms. The van der Waals surface area contributed by atoms with Crippen LogP contribution in [0.4, 0.5) is 0 Å². The summed E-state index contributed by atoms with van der Waals surface area (Å²) < 4.78 is 14.0. The Hall–Kier alpha value is -4.60. The molecule has 0 aliphatic heterocycles. The highest BCUT2D eigenvalue weighted by atomic mass is 32.1. The van der Waals surface area contributed by atoms with Crippen molar-refractivity contribution in [2.24, 2.45) is 0 Å². The first-order chi connectivity index (χ1) is 18.3. The van der Waals surface area contributed by atoms with Crippen LogP contribution in [0.1, 0.15) is 0 Å². The van der Waals surface area contributed by atoms with E-state index >= 15 is 0 Å². The van der Waals surface area contributed by atoms with Gasteiger partial charge in [-0.25, -0.2) is 0 Å². The van der Waals surface area contributed by atoms with Crippen molar-refractivity contribution in [3.8, 4) is 11.1 Å². The molecule has 3 heterocycles. The first-order valence-electron chi connectivity index (χ1n) is 12.4. The van der Waals surface area contributed by atoms with Gasteiger partial charge in [-0.3, -0.25) is 0 Å². The second-order valence-corrected chi connectivity index (χ2v) is 10.7. The van der Waals surface area contributed by atoms with Gasteiger partial charge in [-0.1, -0.05) is 48.5 Å². The van der Waals surface area contributed by atoms with Crippen molar-refractivity contribution in [1.82, 2.24) is 0 Å². The smallest absolute Gasteiger partial charge is 0.143 e. The van der Waals surface area contributed by atoms with E-state index in [2.05, 4.69) is 90.3 Å². The Kier molecular flexibility index (Phi) is 3.70. The number of furan rings is 2. The molecule has 0 N–H and O–H groups in total. The zero-order valence-corrected chi connectivity index (χ0v) is 20.4. The van der Waals surface area contributed by atoms with Gasteiger partial charge in [0.25, 0.3) is 0 Å². The van der Waals surface area contributed by atoms with Crippen LogP contribution in [0.5, 0.6) is 0 Å². The molecule has 2 nitrogen and oxygen atoms in total. The molecule has 37 heavy (non-hydrogen) atoms. The Balaban J connectivity index is 1.47. The third kappa shape index (κ3) is 2.64. The van der Waals surface area contributed by atoms with E-state index in [9.17, 15) is 0 Å². The van der Waals surface area contributed by atoms with Gasteiger partial charge >= 0.3 is 0 Å². The Bertz CT molecular complexity index is 2360. The molecule has 0 radical (unpaired) electrons. The predicted molar refractivity (Wildman–Crippen MR) is 157 cm³/mol. The lowest BCUT2D eigenvalue weighted by molar-refractivity contribution is 0.669. The van der Waals surface area contributed by atoms with E-state index in [1.165, 1.54) is 42.8 Å². The zero-order chi connectivity index (χ0) is 24.1. The van der Waals surface area contributed by atoms with Gasteiger partial charge in [-0.05, 0) is 92.6 Å². The zero-order valence-electron chi connectivity index (χ0n) is 19.6. The minimum atomic E-state index is 0.912. The number of benzene rings is 6. The number of thiophene rings is 1. The highest BCUT2D eigenvalue weighted by Gasteiger charge is 2.18. The largest absolute Gasteiger partial charge is 0.456 e. The van der Waals surface area contributed by atoms with Crippen LogP contribution in [0.2, 0.25) is 0 Å². The van der Waals surface area contributed by atoms with Crippen molar-refractivity contribution < 1.29 is 8.83 Å². The summed E-state index contributed by atoms with van der Waals surface area (Å²) in [5, 5.41) is 12.8. The predicted octanol–water partition coefficient (Wildman–Crippen LogP) is 10.7. The van der Waals surface area contributed by atoms with E-state index in [1.807, 2.05) is 18.2 Å². The van der Waals surface area contributed by atoms with Crippen LogP contribution in [-0.2, 0) is 0 Å². The van der Waals surface area contributed by atoms with Crippen molar-refractivity contribution >= 4 is 86.8 Å². The molecule has 0 spiro atoms. The van der Waals surface area contributed by atoms with Gasteiger partial charge in [0.1, 0.15) is 22.3 Å². The summed E-state index contributed by atoms with van der Waals surface area (Å²) in [5.41, 5.74) is 6.08. The molecule has 172 valence electrons. The minimum absolute atomic E-state index is 0.912. The SMILES string of the molecule is c1ccc2c(c1)oc1ccc(-c3cc4cc5sccc5cc4c4c3ccc3c5ccccc5oc34)cc12. The van der Waals surface area contributed by atoms with Crippen molar-refractivity contribution in [2.75, 3.05) is 0 Å². The summed E-state index contributed by atoms with van der Waals surface area (Å²) in [6.45, 7) is 0. The van der Waals surface area contributed by atoms with Gasteiger partial charge in [-0.15, -0.1) is 11.3 Å². The molecule has 0 aliphatic carbocycles. The van der Waals surface area contributed by atoms with Gasteiger partial charge < -0.3 is 8.83 Å². The number of hydrogen-bond donors (Lipinski definition) is 0. The highest BCUT2D eigenvalue weighted by Crippen LogP contribution is 2.44. The molecule has 0 saturated heterocycles. The summed E-state index contributed by atoms with van der Waals surface area (Å²) in [7, 11) is 0. The fraction of sp³-hybridized carbons (Fsp3) is 0. The Morgan fingerprint density at radius 3 is 2.14 bits per heavy atom. The molecule has 0 bridgehead atoms. The van der Waals surface area contributed by atoms with Crippen LogP contribution >= 0.6 is 11.3 Å². The van der Waals surface area contributed by atoms with Crippen molar-refractivity contribution in [3.63, 3.8) is 0 Å². The van der Waals surface area contributed by atoms with Crippen LogP contribution in [-0.4, -0.2) is 0 Å². The maximum absolute atomic E-state index is 6.56. The molecule has 6 aromatic carbocycles. The number of para-hydroxylation sites is 2. The molecule has 0 saturated carbocycles. The monoisotopic (exact) mass is 490 g/mol. The summed E-state index contributed by atoms with van der Waals surface area (Å²) in [6.07, 6.45) is 0. The molecule has 0 fully saturated rings. The van der Waals surface area contributed by atoms with Crippen molar-refractivity contribution in [1.29, 1.82) is 0 Å². The van der Waals surface area contributed by atoms with E-state index in [0.717, 1.165) is 43.9 Å². The van der Waals surface area contributed by atoms with Crippen LogP contribution in [0.15, 0.2) is 117 Å². The fourth-order valence-electron chi connectivity index (χ4n) is 6.01. The van der Waals surface area contributed by atoms with E-state index in [0.29, 0.717) is 0 Å². The van der Waals surface area contributed by atoms with E-state index in [1.54, 1.807) is 11.3 Å². The maximum atomic E-state index is 6.56. The van der Waals surface area contributed by atoms with Crippen LogP contribution in [0.25, 0.3) is 86.6 Å². The van der Waals surface area contributed by atoms with Gasteiger partial charge in [-0.2, -0.15) is 0 Å². The van der Waals surface area contributed by atoms with Gasteiger partial charge in [0.2, 0.25) is 0 Å². The summed E-state index contributed by atoms with van der Waals surface area (Å²) >= 11 is 1.79. The fourth-order valence-corrected chi connectivity index (χ4v) is 6.83. The molecule has 0 amide bonds. The Morgan fingerprint density at radius 2 is 1.24 bits per heavy atom. The van der Waals surface area contributed by atoms with E-state index in [4.69, 9.17) is 8.83 Å². The summed E-state index contributed by atoms with van der Waals surface area (Å²) in [6, 6.07) is 36.8. The van der Waals surface area contributed by atoms with Crippen molar-refractivity contribution in [2.45, 2.75) is 0 Å². The molecule has 3 aromatic heterocycles. The number of hydrogen-bond acceptors (Lipinski definition) is 3. The van der Waals surface area contributed by atoms with Crippen LogP contribution in [0.3, 0.4) is 0 Å². The lowest BCUT2D eigenvalue weighted by Gasteiger charge is -2.12. The normalized spacial score (nSPS) is 12.3. The third-order valence-corrected chi connectivity index (χ3v) is 8.60. The molecular formula is C34H18O2S. The second-order valence-electron chi connectivity index (χ2n) is 9.73. The first kappa shape index (κ1) is 19.6. The molecule has 0 unspecified atom stereocenters. The van der Waals surface area contributed by atoms with Gasteiger partial charge in [0, 0.05) is 31.6 Å². The molecule has 0 aliphatic rings. The average molecular weight is 491 g/mol. The Labute approximate surface area is 214 Å². The standard InChI is InChI=1S/C34H18O2S/c1-4-8-30-22(5-1)25-11-10-24-26(19-9-12-31-28(15-19)23-6-2-3-7-29(23)35-31)17-21-18-32-20(13-14-37-32)16-27(21)33(24)34(25)36-30/h1-18H. The van der Waals surface area contributed by atoms with Gasteiger partial charge in [0.05, 0.1) is 0 Å². The molecule has 9 aromatic rings. The third-order valence-electron chi connectivity index (χ3n) is 7.72. The lowest BCUT2D eigenvalue weighted by Crippen LogP contribution is -1.86. The topological polar surface area (TPSA) is 26.3 Å². The van der Waals surface area contributed by atoms with Gasteiger partial charge in [0.15, 0.2) is 0 Å². The second kappa shape index (κ2) is 7.00. The number of rotatable bonds is 1. The number of fused-ring (bicyclic) bond motifs is 11. The molecule has 9 rings (SSSR count).